The molecule has 0 unspecified atom stereocenters. The van der Waals surface area contributed by atoms with E-state index >= 15 is 0 Å². The third-order valence-electron chi connectivity index (χ3n) is 1.89. The Morgan fingerprint density at radius 1 is 1.54 bits per heavy atom. The second kappa shape index (κ2) is 3.90. The van der Waals surface area contributed by atoms with Crippen LogP contribution in [0.3, 0.4) is 0 Å². The van der Waals surface area contributed by atoms with Crippen molar-refractivity contribution in [2.75, 3.05) is 11.9 Å². The molecule has 1 aromatic carbocycles. The maximum absolute atomic E-state index is 11.2. The van der Waals surface area contributed by atoms with Crippen molar-refractivity contribution in [1.82, 2.24) is 0 Å². The molecule has 0 atom stereocenters. The first-order chi connectivity index (χ1) is 6.15. The van der Waals surface area contributed by atoms with Crippen molar-refractivity contribution in [3.8, 4) is 0 Å². The smallest absolute Gasteiger partial charge is 0.250 e. The lowest BCUT2D eigenvalue weighted by Crippen LogP contribution is -2.23. The van der Waals surface area contributed by atoms with Crippen LogP contribution in [0, 0.1) is 6.92 Å². The molecule has 0 heterocycles. The maximum Gasteiger partial charge on any atom is 0.250 e. The molecule has 2 heteroatoms. The topological polar surface area (TPSA) is 20.3 Å². The van der Waals surface area contributed by atoms with Gasteiger partial charge in [-0.15, -0.1) is 0 Å². The van der Waals surface area contributed by atoms with Crippen molar-refractivity contribution in [2.45, 2.75) is 6.92 Å². The molecule has 68 valence electrons. The first-order valence-electron chi connectivity index (χ1n) is 4.12. The molecule has 2 nitrogen and oxygen atoms in total. The molecular formula is C11H13NO. The minimum absolute atomic E-state index is 0.0920. The number of hydrogen-bond donors (Lipinski definition) is 0. The minimum Gasteiger partial charge on any atom is -0.312 e. The number of benzene rings is 1. The Morgan fingerprint density at radius 2 is 2.23 bits per heavy atom. The standard InChI is InChI=1S/C11H13NO/c1-4-11(13)12(3)10-7-5-6-9(2)8-10/h4-8H,1H2,2-3H3. The summed E-state index contributed by atoms with van der Waals surface area (Å²) >= 11 is 0. The van der Waals surface area contributed by atoms with E-state index in [0.29, 0.717) is 0 Å². The van der Waals surface area contributed by atoms with Gasteiger partial charge in [-0.25, -0.2) is 0 Å². The van der Waals surface area contributed by atoms with Crippen molar-refractivity contribution in [2.24, 2.45) is 0 Å². The van der Waals surface area contributed by atoms with E-state index in [1.54, 1.807) is 11.9 Å². The second-order valence-corrected chi connectivity index (χ2v) is 2.94. The summed E-state index contributed by atoms with van der Waals surface area (Å²) in [6.07, 6.45) is 1.31. The number of aryl methyl sites for hydroxylation is 1. The number of hydrogen-bond acceptors (Lipinski definition) is 1. The molecule has 13 heavy (non-hydrogen) atoms. The minimum atomic E-state index is -0.0920. The molecule has 0 N–H and O–H groups in total. The quantitative estimate of drug-likeness (QED) is 0.631. The summed E-state index contributed by atoms with van der Waals surface area (Å²) in [6, 6.07) is 7.78. The number of amides is 1. The zero-order chi connectivity index (χ0) is 9.84. The van der Waals surface area contributed by atoms with Crippen LogP contribution in [-0.2, 0) is 4.79 Å². The van der Waals surface area contributed by atoms with Crippen LogP contribution >= 0.6 is 0 Å². The number of carbonyl (C=O) groups is 1. The van der Waals surface area contributed by atoms with Gasteiger partial charge in [0.25, 0.3) is 0 Å². The highest BCUT2D eigenvalue weighted by Crippen LogP contribution is 2.14. The van der Waals surface area contributed by atoms with Gasteiger partial charge in [-0.2, -0.15) is 0 Å². The Hall–Kier alpha value is -1.57. The maximum atomic E-state index is 11.2. The summed E-state index contributed by atoms with van der Waals surface area (Å²) in [5.41, 5.74) is 2.03. The molecule has 0 saturated heterocycles. The predicted octanol–water partition coefficient (Wildman–Crippen LogP) is 2.14. The van der Waals surface area contributed by atoms with Gasteiger partial charge in [0.05, 0.1) is 0 Å². The van der Waals surface area contributed by atoms with Gasteiger partial charge in [0.2, 0.25) is 5.91 Å². The lowest BCUT2D eigenvalue weighted by molar-refractivity contribution is -0.113. The van der Waals surface area contributed by atoms with E-state index in [1.165, 1.54) is 6.08 Å². The third kappa shape index (κ3) is 2.18. The van der Waals surface area contributed by atoms with Crippen LogP contribution in [0.15, 0.2) is 36.9 Å². The molecule has 0 spiro atoms. The average Bonchev–Trinajstić information content (AvgIpc) is 2.15. The number of rotatable bonds is 2. The number of anilines is 1. The molecule has 0 saturated carbocycles. The number of likely N-dealkylation sites (N-methyl/N-ethyl adjacent to an activating group) is 1. The van der Waals surface area contributed by atoms with Crippen molar-refractivity contribution >= 4 is 11.6 Å². The van der Waals surface area contributed by atoms with Crippen LogP contribution < -0.4 is 4.90 Å². The second-order valence-electron chi connectivity index (χ2n) is 2.94. The molecule has 0 aliphatic heterocycles. The van der Waals surface area contributed by atoms with Crippen molar-refractivity contribution in [1.29, 1.82) is 0 Å². The Labute approximate surface area is 78.5 Å². The van der Waals surface area contributed by atoms with Gasteiger partial charge < -0.3 is 4.90 Å². The summed E-state index contributed by atoms with van der Waals surface area (Å²) in [4.78, 5) is 12.8. The van der Waals surface area contributed by atoms with Gasteiger partial charge in [-0.05, 0) is 30.7 Å². The fraction of sp³-hybridized carbons (Fsp3) is 0.182. The average molecular weight is 175 g/mol. The van der Waals surface area contributed by atoms with Crippen molar-refractivity contribution < 1.29 is 4.79 Å². The van der Waals surface area contributed by atoms with E-state index in [1.807, 2.05) is 31.2 Å². The van der Waals surface area contributed by atoms with Gasteiger partial charge in [-0.3, -0.25) is 4.79 Å². The van der Waals surface area contributed by atoms with Crippen LogP contribution in [0.1, 0.15) is 5.56 Å². The Kier molecular flexibility index (Phi) is 2.85. The summed E-state index contributed by atoms with van der Waals surface area (Å²) in [6.45, 7) is 5.43. The van der Waals surface area contributed by atoms with E-state index in [-0.39, 0.29) is 5.91 Å². The highest BCUT2D eigenvalue weighted by atomic mass is 16.2. The molecule has 0 aliphatic carbocycles. The van der Waals surface area contributed by atoms with Crippen LogP contribution in [0.5, 0.6) is 0 Å². The summed E-state index contributed by atoms with van der Waals surface area (Å²) in [7, 11) is 1.73. The number of nitrogens with zero attached hydrogens (tertiary/aromatic N) is 1. The van der Waals surface area contributed by atoms with E-state index in [4.69, 9.17) is 0 Å². The van der Waals surface area contributed by atoms with Gasteiger partial charge in [0.15, 0.2) is 0 Å². The zero-order valence-electron chi connectivity index (χ0n) is 7.95. The zero-order valence-corrected chi connectivity index (χ0v) is 7.95. The van der Waals surface area contributed by atoms with Gasteiger partial charge >= 0.3 is 0 Å². The summed E-state index contributed by atoms with van der Waals surface area (Å²) in [5.74, 6) is -0.0920. The molecule has 0 aliphatic rings. The molecule has 0 aromatic heterocycles. The summed E-state index contributed by atoms with van der Waals surface area (Å²) in [5, 5.41) is 0. The third-order valence-corrected chi connectivity index (χ3v) is 1.89. The molecular weight excluding hydrogens is 162 g/mol. The molecule has 1 amide bonds. The Bertz CT molecular complexity index is 331. The predicted molar refractivity (Wildman–Crippen MR) is 54.8 cm³/mol. The van der Waals surface area contributed by atoms with E-state index < -0.39 is 0 Å². The summed E-state index contributed by atoms with van der Waals surface area (Å²) < 4.78 is 0. The molecule has 1 rings (SSSR count). The Balaban J connectivity index is 2.94. The van der Waals surface area contributed by atoms with Crippen LogP contribution in [0.2, 0.25) is 0 Å². The molecule has 1 aromatic rings. The monoisotopic (exact) mass is 175 g/mol. The Morgan fingerprint density at radius 3 is 2.77 bits per heavy atom. The van der Waals surface area contributed by atoms with E-state index in [2.05, 4.69) is 6.58 Å². The highest BCUT2D eigenvalue weighted by molar-refractivity contribution is 6.00. The fourth-order valence-corrected chi connectivity index (χ4v) is 1.10. The molecule has 0 radical (unpaired) electrons. The molecule has 0 fully saturated rings. The van der Waals surface area contributed by atoms with E-state index in [9.17, 15) is 4.79 Å². The lowest BCUT2D eigenvalue weighted by Gasteiger charge is -2.15. The molecule has 0 bridgehead atoms. The van der Waals surface area contributed by atoms with Crippen LogP contribution in [-0.4, -0.2) is 13.0 Å². The first-order valence-corrected chi connectivity index (χ1v) is 4.12. The SMILES string of the molecule is C=CC(=O)N(C)c1cccc(C)c1. The van der Waals surface area contributed by atoms with Crippen LogP contribution in [0.4, 0.5) is 5.69 Å². The largest absolute Gasteiger partial charge is 0.312 e. The lowest BCUT2D eigenvalue weighted by atomic mass is 10.2. The number of carbonyl (C=O) groups excluding carboxylic acids is 1. The normalized spacial score (nSPS) is 9.38. The van der Waals surface area contributed by atoms with Crippen LogP contribution in [0.25, 0.3) is 0 Å². The van der Waals surface area contributed by atoms with Crippen molar-refractivity contribution in [3.63, 3.8) is 0 Å². The fourth-order valence-electron chi connectivity index (χ4n) is 1.10. The first kappa shape index (κ1) is 9.52. The van der Waals surface area contributed by atoms with Gasteiger partial charge in [-0.1, -0.05) is 18.7 Å². The van der Waals surface area contributed by atoms with E-state index in [0.717, 1.165) is 11.3 Å². The van der Waals surface area contributed by atoms with Gasteiger partial charge in [0, 0.05) is 12.7 Å². The highest BCUT2D eigenvalue weighted by Gasteiger charge is 2.05. The van der Waals surface area contributed by atoms with Crippen molar-refractivity contribution in [3.05, 3.63) is 42.5 Å². The van der Waals surface area contributed by atoms with Gasteiger partial charge in [0.1, 0.15) is 0 Å².